The van der Waals surface area contributed by atoms with Crippen molar-refractivity contribution < 1.29 is 23.9 Å². The Morgan fingerprint density at radius 1 is 0.771 bits per heavy atom. The summed E-state index contributed by atoms with van der Waals surface area (Å²) < 4.78 is 5.21. The summed E-state index contributed by atoms with van der Waals surface area (Å²) in [6, 6.07) is 22.1. The van der Waals surface area contributed by atoms with E-state index in [9.17, 15) is 19.2 Å². The smallest absolute Gasteiger partial charge is 0.340 e. The van der Waals surface area contributed by atoms with Crippen molar-refractivity contribution in [2.45, 2.75) is 27.2 Å². The first kappa shape index (κ1) is 25.4. The molecule has 7 nitrogen and oxygen atoms in total. The van der Waals surface area contributed by atoms with Gasteiger partial charge in [-0.1, -0.05) is 63.2 Å². The lowest BCUT2D eigenvalue weighted by molar-refractivity contribution is -0.123. The van der Waals surface area contributed by atoms with Gasteiger partial charge in [0.1, 0.15) is 0 Å². The Labute approximate surface area is 204 Å². The Morgan fingerprint density at radius 2 is 1.40 bits per heavy atom. The zero-order valence-electron chi connectivity index (χ0n) is 20.0. The van der Waals surface area contributed by atoms with E-state index in [1.807, 2.05) is 30.3 Å². The number of hydrogen-bond acceptors (Lipinski definition) is 5. The largest absolute Gasteiger partial charge is 0.454 e. The van der Waals surface area contributed by atoms with Crippen molar-refractivity contribution in [3.8, 4) is 0 Å². The fourth-order valence-corrected chi connectivity index (χ4v) is 3.10. The van der Waals surface area contributed by atoms with Crippen LogP contribution < -0.4 is 10.6 Å². The second kappa shape index (κ2) is 11.2. The third-order valence-corrected chi connectivity index (χ3v) is 5.11. The van der Waals surface area contributed by atoms with Gasteiger partial charge in [0, 0.05) is 16.7 Å². The van der Waals surface area contributed by atoms with E-state index in [0.29, 0.717) is 16.9 Å². The zero-order chi connectivity index (χ0) is 25.4. The second-order valence-electron chi connectivity index (χ2n) is 9.04. The predicted molar refractivity (Wildman–Crippen MR) is 134 cm³/mol. The Hall–Kier alpha value is -4.26. The lowest BCUT2D eigenvalue weighted by Crippen LogP contribution is -2.27. The molecule has 2 amide bonds. The molecule has 0 fully saturated rings. The lowest BCUT2D eigenvalue weighted by Gasteiger charge is -2.17. The average Bonchev–Trinajstić information content (AvgIpc) is 2.83. The Kier molecular flexibility index (Phi) is 8.15. The maximum absolute atomic E-state index is 12.6. The van der Waals surface area contributed by atoms with Gasteiger partial charge in [-0.3, -0.25) is 14.4 Å². The molecule has 0 bridgehead atoms. The lowest BCUT2D eigenvalue weighted by atomic mass is 9.95. The molecule has 3 rings (SSSR count). The fraction of sp³-hybridized carbons (Fsp3) is 0.214. The number of anilines is 2. The summed E-state index contributed by atoms with van der Waals surface area (Å²) in [4.78, 5) is 49.6. The number of hydrogen-bond donors (Lipinski definition) is 2. The highest BCUT2D eigenvalue weighted by atomic mass is 16.5. The molecule has 2 N–H and O–H groups in total. The molecule has 0 saturated carbocycles. The first-order valence-corrected chi connectivity index (χ1v) is 11.2. The van der Waals surface area contributed by atoms with Crippen LogP contribution in [0.4, 0.5) is 11.4 Å². The summed E-state index contributed by atoms with van der Waals surface area (Å²) in [5.74, 6) is -1.52. The summed E-state index contributed by atoms with van der Waals surface area (Å²) in [5.41, 5.74) is 1.68. The van der Waals surface area contributed by atoms with Crippen LogP contribution in [0.2, 0.25) is 0 Å². The van der Waals surface area contributed by atoms with Crippen molar-refractivity contribution in [2.75, 3.05) is 17.2 Å². The second-order valence-corrected chi connectivity index (χ2v) is 9.04. The van der Waals surface area contributed by atoms with Crippen LogP contribution in [0, 0.1) is 5.41 Å². The summed E-state index contributed by atoms with van der Waals surface area (Å²) >= 11 is 0. The van der Waals surface area contributed by atoms with E-state index >= 15 is 0 Å². The molecule has 0 unspecified atom stereocenters. The molecule has 0 saturated heterocycles. The summed E-state index contributed by atoms with van der Waals surface area (Å²) in [5, 5.41) is 5.52. The van der Waals surface area contributed by atoms with Gasteiger partial charge < -0.3 is 15.4 Å². The molecule has 0 atom stereocenters. The van der Waals surface area contributed by atoms with Crippen LogP contribution in [0.1, 0.15) is 47.1 Å². The van der Waals surface area contributed by atoms with Crippen LogP contribution in [0.3, 0.4) is 0 Å². The number of amides is 2. The SMILES string of the molecule is CC(C)(C)C(=O)Nc1ccc(C(=O)COC(=O)c2ccccc2NC(=O)Cc2ccccc2)cc1. The third-order valence-electron chi connectivity index (χ3n) is 5.11. The van der Waals surface area contributed by atoms with Gasteiger partial charge in [-0.15, -0.1) is 0 Å². The quantitative estimate of drug-likeness (QED) is 0.359. The van der Waals surface area contributed by atoms with Crippen molar-refractivity contribution in [3.63, 3.8) is 0 Å². The highest BCUT2D eigenvalue weighted by Crippen LogP contribution is 2.19. The number of para-hydroxylation sites is 1. The molecule has 35 heavy (non-hydrogen) atoms. The van der Waals surface area contributed by atoms with Gasteiger partial charge in [0.15, 0.2) is 12.4 Å². The van der Waals surface area contributed by atoms with Gasteiger partial charge >= 0.3 is 5.97 Å². The molecule has 0 aliphatic heterocycles. The molecule has 0 aliphatic carbocycles. The van der Waals surface area contributed by atoms with Crippen molar-refractivity contribution in [3.05, 3.63) is 95.6 Å². The normalized spacial score (nSPS) is 10.8. The number of nitrogens with one attached hydrogen (secondary N) is 2. The number of rotatable bonds is 8. The fourth-order valence-electron chi connectivity index (χ4n) is 3.10. The van der Waals surface area contributed by atoms with E-state index in [2.05, 4.69) is 10.6 Å². The summed E-state index contributed by atoms with van der Waals surface area (Å²) in [6.07, 6.45) is 0.162. The van der Waals surface area contributed by atoms with E-state index in [-0.39, 0.29) is 23.8 Å². The Bertz CT molecular complexity index is 1210. The molecule has 0 heterocycles. The van der Waals surface area contributed by atoms with Gasteiger partial charge in [-0.2, -0.15) is 0 Å². The number of carbonyl (C=O) groups is 4. The third kappa shape index (κ3) is 7.37. The van der Waals surface area contributed by atoms with E-state index < -0.39 is 23.8 Å². The van der Waals surface area contributed by atoms with Gasteiger partial charge in [0.05, 0.1) is 17.7 Å². The van der Waals surface area contributed by atoms with Crippen LogP contribution in [0.25, 0.3) is 0 Å². The maximum atomic E-state index is 12.6. The topological polar surface area (TPSA) is 102 Å². The number of ketones is 1. The minimum absolute atomic E-state index is 0.139. The Morgan fingerprint density at radius 3 is 2.06 bits per heavy atom. The first-order valence-electron chi connectivity index (χ1n) is 11.2. The number of esters is 1. The summed E-state index contributed by atoms with van der Waals surface area (Å²) in [6.45, 7) is 4.96. The van der Waals surface area contributed by atoms with Crippen molar-refractivity contribution in [1.29, 1.82) is 0 Å². The van der Waals surface area contributed by atoms with E-state index in [0.717, 1.165) is 5.56 Å². The van der Waals surface area contributed by atoms with Crippen LogP contribution in [0.15, 0.2) is 78.9 Å². The highest BCUT2D eigenvalue weighted by Gasteiger charge is 2.21. The monoisotopic (exact) mass is 472 g/mol. The van der Waals surface area contributed by atoms with Crippen LogP contribution in [-0.2, 0) is 20.7 Å². The van der Waals surface area contributed by atoms with E-state index in [1.165, 1.54) is 6.07 Å². The van der Waals surface area contributed by atoms with Gasteiger partial charge in [-0.05, 0) is 42.0 Å². The van der Waals surface area contributed by atoms with Gasteiger partial charge in [0.2, 0.25) is 11.8 Å². The number of Topliss-reactive ketones (excluding diaryl/α,β-unsaturated/α-hetero) is 1. The van der Waals surface area contributed by atoms with Gasteiger partial charge in [0.25, 0.3) is 0 Å². The molecular formula is C28H28N2O5. The summed E-state index contributed by atoms with van der Waals surface area (Å²) in [7, 11) is 0. The van der Waals surface area contributed by atoms with Crippen molar-refractivity contribution >= 4 is 34.9 Å². The van der Waals surface area contributed by atoms with E-state index in [1.54, 1.807) is 63.2 Å². The molecule has 3 aromatic carbocycles. The predicted octanol–water partition coefficient (Wildman–Crippen LogP) is 4.89. The number of carbonyl (C=O) groups excluding carboxylic acids is 4. The van der Waals surface area contributed by atoms with Crippen LogP contribution >= 0.6 is 0 Å². The molecule has 0 aliphatic rings. The van der Waals surface area contributed by atoms with E-state index in [4.69, 9.17) is 4.74 Å². The van der Waals surface area contributed by atoms with Crippen LogP contribution in [-0.4, -0.2) is 30.2 Å². The minimum atomic E-state index is -0.719. The number of benzene rings is 3. The molecule has 0 spiro atoms. The molecule has 7 heteroatoms. The molecule has 3 aromatic rings. The number of ether oxygens (including phenoxy) is 1. The highest BCUT2D eigenvalue weighted by molar-refractivity contribution is 6.04. The minimum Gasteiger partial charge on any atom is -0.454 e. The molecule has 180 valence electrons. The zero-order valence-corrected chi connectivity index (χ0v) is 20.0. The average molecular weight is 473 g/mol. The standard InChI is InChI=1S/C28H28N2O5/c1-28(2,3)27(34)29-21-15-13-20(14-16-21)24(31)18-35-26(33)22-11-7-8-12-23(22)30-25(32)17-19-9-5-4-6-10-19/h4-16H,17-18H2,1-3H3,(H,29,34)(H,30,32). The molecule has 0 aromatic heterocycles. The van der Waals surface area contributed by atoms with Crippen molar-refractivity contribution in [1.82, 2.24) is 0 Å². The van der Waals surface area contributed by atoms with Crippen LogP contribution in [0.5, 0.6) is 0 Å². The maximum Gasteiger partial charge on any atom is 0.340 e. The molecule has 0 radical (unpaired) electrons. The molecular weight excluding hydrogens is 444 g/mol. The van der Waals surface area contributed by atoms with Gasteiger partial charge in [-0.25, -0.2) is 4.79 Å². The van der Waals surface area contributed by atoms with Crippen molar-refractivity contribution in [2.24, 2.45) is 5.41 Å². The Balaban J connectivity index is 1.58. The first-order chi connectivity index (χ1) is 16.6.